The number of nitrogens with two attached hydrogens (primary N) is 1. The van der Waals surface area contributed by atoms with Gasteiger partial charge in [-0.3, -0.25) is 4.79 Å². The van der Waals surface area contributed by atoms with Gasteiger partial charge < -0.3 is 21.3 Å². The highest BCUT2D eigenvalue weighted by Crippen LogP contribution is 2.28. The van der Waals surface area contributed by atoms with Crippen LogP contribution >= 0.6 is 0 Å². The third kappa shape index (κ3) is 5.42. The van der Waals surface area contributed by atoms with E-state index >= 15 is 0 Å². The molecule has 2 rings (SSSR count). The fourth-order valence-corrected chi connectivity index (χ4v) is 3.43. The number of primary amides is 1. The van der Waals surface area contributed by atoms with Crippen LogP contribution in [0.4, 0.5) is 14.9 Å². The van der Waals surface area contributed by atoms with Crippen LogP contribution in [-0.2, 0) is 0 Å². The number of likely N-dealkylation sites (N-methyl/N-ethyl adjacent to an activating group) is 1. The summed E-state index contributed by atoms with van der Waals surface area (Å²) in [5.41, 5.74) is 5.26. The van der Waals surface area contributed by atoms with Crippen molar-refractivity contribution in [2.45, 2.75) is 38.1 Å². The van der Waals surface area contributed by atoms with E-state index in [0.29, 0.717) is 12.5 Å². The summed E-state index contributed by atoms with van der Waals surface area (Å²) in [5.74, 6) is -0.732. The molecule has 138 valence electrons. The van der Waals surface area contributed by atoms with Gasteiger partial charge >= 0.3 is 6.03 Å². The molecule has 0 heterocycles. The molecule has 0 spiro atoms. The van der Waals surface area contributed by atoms with Crippen LogP contribution in [0.2, 0.25) is 0 Å². The molecule has 1 unspecified atom stereocenters. The standard InChI is InChI=1S/C18H27FN4O2/c1-23(2)16(12-6-4-3-5-7-12)11-21-18(25)22-15-10-13(17(20)24)8-9-14(15)19/h8-10,12,16H,3-7,11H2,1-2H3,(H2,20,24)(H2,21,22,25). The fourth-order valence-electron chi connectivity index (χ4n) is 3.43. The van der Waals surface area contributed by atoms with Gasteiger partial charge in [-0.2, -0.15) is 0 Å². The highest BCUT2D eigenvalue weighted by Gasteiger charge is 2.25. The average Bonchev–Trinajstić information content (AvgIpc) is 2.57. The molecule has 1 aromatic carbocycles. The summed E-state index contributed by atoms with van der Waals surface area (Å²) in [7, 11) is 4.02. The van der Waals surface area contributed by atoms with Crippen molar-refractivity contribution in [1.29, 1.82) is 0 Å². The zero-order chi connectivity index (χ0) is 18.4. The molecule has 4 N–H and O–H groups in total. The predicted molar refractivity (Wildman–Crippen MR) is 96.0 cm³/mol. The highest BCUT2D eigenvalue weighted by molar-refractivity contribution is 5.96. The summed E-state index contributed by atoms with van der Waals surface area (Å²) in [6.45, 7) is 0.487. The van der Waals surface area contributed by atoms with Gasteiger partial charge in [0.2, 0.25) is 5.91 Å². The van der Waals surface area contributed by atoms with Gasteiger partial charge in [-0.25, -0.2) is 9.18 Å². The summed E-state index contributed by atoms with van der Waals surface area (Å²) in [5, 5.41) is 5.26. The smallest absolute Gasteiger partial charge is 0.319 e. The molecular weight excluding hydrogens is 323 g/mol. The van der Waals surface area contributed by atoms with Crippen molar-refractivity contribution in [2.24, 2.45) is 11.7 Å². The number of anilines is 1. The molecular formula is C18H27FN4O2. The van der Waals surface area contributed by atoms with Gasteiger partial charge in [-0.1, -0.05) is 19.3 Å². The molecule has 0 bridgehead atoms. The number of halogens is 1. The van der Waals surface area contributed by atoms with Gasteiger partial charge in [-0.15, -0.1) is 0 Å². The molecule has 0 aromatic heterocycles. The maximum atomic E-state index is 13.8. The first-order valence-corrected chi connectivity index (χ1v) is 8.69. The molecule has 1 aliphatic carbocycles. The minimum atomic E-state index is -0.673. The molecule has 0 radical (unpaired) electrons. The van der Waals surface area contributed by atoms with Crippen molar-refractivity contribution in [3.05, 3.63) is 29.6 Å². The number of hydrogen-bond donors (Lipinski definition) is 3. The Kier molecular flexibility index (Phi) is 6.75. The summed E-state index contributed by atoms with van der Waals surface area (Å²) in [6, 6.07) is 3.38. The van der Waals surface area contributed by atoms with Crippen molar-refractivity contribution >= 4 is 17.6 Å². The van der Waals surface area contributed by atoms with Crippen molar-refractivity contribution in [2.75, 3.05) is 26.0 Å². The third-order valence-corrected chi connectivity index (χ3v) is 4.83. The van der Waals surface area contributed by atoms with E-state index < -0.39 is 17.8 Å². The lowest BCUT2D eigenvalue weighted by Gasteiger charge is -2.34. The minimum Gasteiger partial charge on any atom is -0.366 e. The lowest BCUT2D eigenvalue weighted by molar-refractivity contribution is 0.1000. The number of carbonyl (C=O) groups excluding carboxylic acids is 2. The van der Waals surface area contributed by atoms with Crippen LogP contribution in [0, 0.1) is 11.7 Å². The van der Waals surface area contributed by atoms with E-state index in [4.69, 9.17) is 5.73 Å². The molecule has 1 aromatic rings. The van der Waals surface area contributed by atoms with Crippen molar-refractivity contribution in [3.63, 3.8) is 0 Å². The minimum absolute atomic E-state index is 0.0622. The molecule has 1 aliphatic rings. The Hall–Kier alpha value is -2.15. The van der Waals surface area contributed by atoms with E-state index in [1.54, 1.807) is 0 Å². The number of rotatable bonds is 6. The van der Waals surface area contributed by atoms with Gasteiger partial charge in [0.15, 0.2) is 0 Å². The molecule has 25 heavy (non-hydrogen) atoms. The maximum absolute atomic E-state index is 13.8. The van der Waals surface area contributed by atoms with Gasteiger partial charge in [0.1, 0.15) is 5.82 Å². The fraction of sp³-hybridized carbons (Fsp3) is 0.556. The number of hydrogen-bond acceptors (Lipinski definition) is 3. The predicted octanol–water partition coefficient (Wildman–Crippen LogP) is 2.56. The topological polar surface area (TPSA) is 87.5 Å². The zero-order valence-corrected chi connectivity index (χ0v) is 14.8. The Morgan fingerprint density at radius 3 is 2.56 bits per heavy atom. The van der Waals surface area contributed by atoms with Gasteiger partial charge in [0.25, 0.3) is 0 Å². The Labute approximate surface area is 147 Å². The van der Waals surface area contributed by atoms with E-state index in [1.165, 1.54) is 44.2 Å². The Morgan fingerprint density at radius 1 is 1.28 bits per heavy atom. The SMILES string of the molecule is CN(C)C(CNC(=O)Nc1cc(C(N)=O)ccc1F)C1CCCCC1. The van der Waals surface area contributed by atoms with E-state index in [1.807, 2.05) is 14.1 Å². The third-order valence-electron chi connectivity index (χ3n) is 4.83. The average molecular weight is 350 g/mol. The Bertz CT molecular complexity index is 615. The molecule has 0 aliphatic heterocycles. The quantitative estimate of drug-likeness (QED) is 0.737. The number of amides is 3. The van der Waals surface area contributed by atoms with Crippen LogP contribution in [0.3, 0.4) is 0 Å². The summed E-state index contributed by atoms with van der Waals surface area (Å²) >= 11 is 0. The molecule has 1 atom stereocenters. The maximum Gasteiger partial charge on any atom is 0.319 e. The first-order chi connectivity index (χ1) is 11.9. The van der Waals surface area contributed by atoms with Crippen LogP contribution in [-0.4, -0.2) is 43.5 Å². The van der Waals surface area contributed by atoms with Crippen LogP contribution in [0.5, 0.6) is 0 Å². The van der Waals surface area contributed by atoms with E-state index in [9.17, 15) is 14.0 Å². The number of urea groups is 1. The Morgan fingerprint density at radius 2 is 1.96 bits per heavy atom. The van der Waals surface area contributed by atoms with Crippen LogP contribution in [0.1, 0.15) is 42.5 Å². The van der Waals surface area contributed by atoms with Crippen molar-refractivity contribution < 1.29 is 14.0 Å². The largest absolute Gasteiger partial charge is 0.366 e. The molecule has 1 saturated carbocycles. The van der Waals surface area contributed by atoms with E-state index in [2.05, 4.69) is 15.5 Å². The molecule has 3 amide bonds. The van der Waals surface area contributed by atoms with Gasteiger partial charge in [0, 0.05) is 18.2 Å². The monoisotopic (exact) mass is 350 g/mol. The number of nitrogens with one attached hydrogen (secondary N) is 2. The van der Waals surface area contributed by atoms with Crippen LogP contribution in [0.25, 0.3) is 0 Å². The first-order valence-electron chi connectivity index (χ1n) is 8.69. The highest BCUT2D eigenvalue weighted by atomic mass is 19.1. The summed E-state index contributed by atoms with van der Waals surface area (Å²) in [4.78, 5) is 25.4. The normalized spacial score (nSPS) is 16.5. The second kappa shape index (κ2) is 8.80. The molecule has 7 heteroatoms. The summed E-state index contributed by atoms with van der Waals surface area (Å²) in [6.07, 6.45) is 6.07. The molecule has 1 fully saturated rings. The number of benzene rings is 1. The van der Waals surface area contributed by atoms with Crippen molar-refractivity contribution in [1.82, 2.24) is 10.2 Å². The molecule has 6 nitrogen and oxygen atoms in total. The Balaban J connectivity index is 1.95. The van der Waals surface area contributed by atoms with Gasteiger partial charge in [-0.05, 0) is 51.1 Å². The zero-order valence-electron chi connectivity index (χ0n) is 14.8. The van der Waals surface area contributed by atoms with E-state index in [0.717, 1.165) is 6.07 Å². The lowest BCUT2D eigenvalue weighted by atomic mass is 9.83. The summed E-state index contributed by atoms with van der Waals surface area (Å²) < 4.78 is 13.8. The number of carbonyl (C=O) groups is 2. The van der Waals surface area contributed by atoms with Crippen LogP contribution in [0.15, 0.2) is 18.2 Å². The van der Waals surface area contributed by atoms with E-state index in [-0.39, 0.29) is 17.3 Å². The lowest BCUT2D eigenvalue weighted by Crippen LogP contribution is -2.46. The second-order valence-electron chi connectivity index (χ2n) is 6.82. The molecule has 0 saturated heterocycles. The van der Waals surface area contributed by atoms with Crippen molar-refractivity contribution in [3.8, 4) is 0 Å². The van der Waals surface area contributed by atoms with Gasteiger partial charge in [0.05, 0.1) is 5.69 Å². The second-order valence-corrected chi connectivity index (χ2v) is 6.82. The number of nitrogens with zero attached hydrogens (tertiary/aromatic N) is 1. The first kappa shape index (κ1) is 19.2. The van der Waals surface area contributed by atoms with Crippen LogP contribution < -0.4 is 16.4 Å².